The number of hydrogen-bond acceptors (Lipinski definition) is 6. The summed E-state index contributed by atoms with van der Waals surface area (Å²) in [6, 6.07) is 0. The highest BCUT2D eigenvalue weighted by molar-refractivity contribution is 7.09. The maximum absolute atomic E-state index is 12.0. The summed E-state index contributed by atoms with van der Waals surface area (Å²) < 4.78 is 3.85. The van der Waals surface area contributed by atoms with Crippen molar-refractivity contribution in [2.24, 2.45) is 0 Å². The van der Waals surface area contributed by atoms with Crippen LogP contribution in [0.2, 0.25) is 0 Å². The average Bonchev–Trinajstić information content (AvgIpc) is 2.88. The second kappa shape index (κ2) is 4.89. The molecular formula is C10H12N4OS2. The fourth-order valence-electron chi connectivity index (χ4n) is 1.34. The van der Waals surface area contributed by atoms with Crippen molar-refractivity contribution in [3.63, 3.8) is 0 Å². The summed E-state index contributed by atoms with van der Waals surface area (Å²) in [6.45, 7) is 4.31. The summed E-state index contributed by atoms with van der Waals surface area (Å²) in [5.41, 5.74) is 1.38. The summed E-state index contributed by atoms with van der Waals surface area (Å²) in [5.74, 6) is -0.0675. The van der Waals surface area contributed by atoms with E-state index in [4.69, 9.17) is 0 Å². The van der Waals surface area contributed by atoms with Gasteiger partial charge in [-0.25, -0.2) is 4.98 Å². The van der Waals surface area contributed by atoms with E-state index >= 15 is 0 Å². The first-order valence-electron chi connectivity index (χ1n) is 5.03. The van der Waals surface area contributed by atoms with Crippen molar-refractivity contribution in [2.75, 3.05) is 7.05 Å². The van der Waals surface area contributed by atoms with Crippen molar-refractivity contribution in [2.45, 2.75) is 20.4 Å². The Morgan fingerprint density at radius 3 is 2.76 bits per heavy atom. The van der Waals surface area contributed by atoms with Gasteiger partial charge < -0.3 is 4.90 Å². The van der Waals surface area contributed by atoms with E-state index in [1.165, 1.54) is 22.9 Å². The van der Waals surface area contributed by atoms with Gasteiger partial charge in [-0.2, -0.15) is 0 Å². The second-order valence-electron chi connectivity index (χ2n) is 3.69. The summed E-state index contributed by atoms with van der Waals surface area (Å²) in [7, 11) is 1.76. The number of nitrogens with zero attached hydrogens (tertiary/aromatic N) is 4. The Labute approximate surface area is 107 Å². The monoisotopic (exact) mass is 268 g/mol. The topological polar surface area (TPSA) is 59.0 Å². The van der Waals surface area contributed by atoms with Crippen LogP contribution in [0.1, 0.15) is 26.1 Å². The van der Waals surface area contributed by atoms with Crippen LogP contribution in [-0.4, -0.2) is 32.4 Å². The number of carbonyl (C=O) groups excluding carboxylic acids is 1. The molecule has 0 radical (unpaired) electrons. The molecule has 90 valence electrons. The minimum atomic E-state index is -0.0675. The molecule has 5 nitrogen and oxygen atoms in total. The molecule has 0 aliphatic rings. The van der Waals surface area contributed by atoms with E-state index in [2.05, 4.69) is 14.6 Å². The molecule has 2 rings (SSSR count). The zero-order valence-electron chi connectivity index (χ0n) is 9.80. The number of thiazole rings is 1. The van der Waals surface area contributed by atoms with Crippen molar-refractivity contribution in [1.82, 2.24) is 19.5 Å². The molecule has 2 aromatic heterocycles. The molecule has 0 spiro atoms. The van der Waals surface area contributed by atoms with E-state index in [1.807, 2.05) is 13.8 Å². The normalized spacial score (nSPS) is 10.5. The van der Waals surface area contributed by atoms with Crippen LogP contribution >= 0.6 is 22.9 Å². The third kappa shape index (κ3) is 2.67. The van der Waals surface area contributed by atoms with E-state index in [-0.39, 0.29) is 5.91 Å². The predicted octanol–water partition coefficient (Wildman–Crippen LogP) is 1.88. The molecule has 0 saturated heterocycles. The van der Waals surface area contributed by atoms with Crippen LogP contribution in [0.4, 0.5) is 0 Å². The molecule has 0 aliphatic carbocycles. The Hall–Kier alpha value is -1.34. The largest absolute Gasteiger partial charge is 0.335 e. The van der Waals surface area contributed by atoms with Crippen molar-refractivity contribution in [3.05, 3.63) is 26.7 Å². The lowest BCUT2D eigenvalue weighted by Gasteiger charge is -2.14. The number of rotatable bonds is 3. The van der Waals surface area contributed by atoms with Crippen LogP contribution in [0.15, 0.2) is 5.38 Å². The first kappa shape index (κ1) is 12.1. The molecule has 2 heterocycles. The highest BCUT2D eigenvalue weighted by Crippen LogP contribution is 2.15. The smallest absolute Gasteiger partial charge is 0.273 e. The van der Waals surface area contributed by atoms with Gasteiger partial charge in [-0.15, -0.1) is 16.4 Å². The number of aromatic nitrogens is 3. The SMILES string of the molecule is Cc1nc(C(=O)N(C)Cc2snnc2C)cs1. The molecule has 1 amide bonds. The lowest BCUT2D eigenvalue weighted by Crippen LogP contribution is -2.26. The van der Waals surface area contributed by atoms with Gasteiger partial charge in [0.25, 0.3) is 5.91 Å². The van der Waals surface area contributed by atoms with Gasteiger partial charge in [0.15, 0.2) is 0 Å². The second-order valence-corrected chi connectivity index (χ2v) is 5.60. The third-order valence-corrected chi connectivity index (χ3v) is 3.89. The van der Waals surface area contributed by atoms with Crippen LogP contribution in [0.3, 0.4) is 0 Å². The summed E-state index contributed by atoms with van der Waals surface area (Å²) >= 11 is 2.80. The van der Waals surface area contributed by atoms with E-state index in [1.54, 1.807) is 17.3 Å². The van der Waals surface area contributed by atoms with Crippen LogP contribution in [0.25, 0.3) is 0 Å². The van der Waals surface area contributed by atoms with Crippen LogP contribution < -0.4 is 0 Å². The number of hydrogen-bond donors (Lipinski definition) is 0. The first-order chi connectivity index (χ1) is 8.08. The van der Waals surface area contributed by atoms with Crippen molar-refractivity contribution >= 4 is 28.8 Å². The van der Waals surface area contributed by atoms with E-state index in [0.717, 1.165) is 15.6 Å². The first-order valence-corrected chi connectivity index (χ1v) is 6.68. The minimum Gasteiger partial charge on any atom is -0.335 e. The third-order valence-electron chi connectivity index (χ3n) is 2.31. The molecule has 0 aliphatic heterocycles. The lowest BCUT2D eigenvalue weighted by molar-refractivity contribution is 0.0781. The molecule has 0 atom stereocenters. The van der Waals surface area contributed by atoms with Gasteiger partial charge in [-0.05, 0) is 25.4 Å². The molecule has 0 fully saturated rings. The molecule has 0 N–H and O–H groups in total. The van der Waals surface area contributed by atoms with Gasteiger partial charge in [-0.1, -0.05) is 4.49 Å². The van der Waals surface area contributed by atoms with Gasteiger partial charge >= 0.3 is 0 Å². The van der Waals surface area contributed by atoms with Gasteiger partial charge in [0, 0.05) is 12.4 Å². The minimum absolute atomic E-state index is 0.0675. The van der Waals surface area contributed by atoms with Crippen LogP contribution in [0.5, 0.6) is 0 Å². The predicted molar refractivity (Wildman–Crippen MR) is 67.3 cm³/mol. The Kier molecular flexibility index (Phi) is 3.49. The number of aryl methyl sites for hydroxylation is 2. The van der Waals surface area contributed by atoms with E-state index < -0.39 is 0 Å². The Morgan fingerprint density at radius 1 is 1.47 bits per heavy atom. The van der Waals surface area contributed by atoms with Gasteiger partial charge in [0.05, 0.1) is 22.1 Å². The van der Waals surface area contributed by atoms with Crippen molar-refractivity contribution in [1.29, 1.82) is 0 Å². The zero-order chi connectivity index (χ0) is 12.4. The Bertz CT molecular complexity index is 534. The quantitative estimate of drug-likeness (QED) is 0.853. The van der Waals surface area contributed by atoms with E-state index in [9.17, 15) is 4.79 Å². The maximum Gasteiger partial charge on any atom is 0.273 e. The Balaban J connectivity index is 2.08. The molecule has 0 unspecified atom stereocenters. The fourth-order valence-corrected chi connectivity index (χ4v) is 2.61. The fraction of sp³-hybridized carbons (Fsp3) is 0.400. The van der Waals surface area contributed by atoms with E-state index in [0.29, 0.717) is 12.2 Å². The maximum atomic E-state index is 12.0. The summed E-state index contributed by atoms with van der Waals surface area (Å²) in [6.07, 6.45) is 0. The van der Waals surface area contributed by atoms with Gasteiger partial charge in [0.1, 0.15) is 5.69 Å². The molecule has 0 aromatic carbocycles. The lowest BCUT2D eigenvalue weighted by atomic mass is 10.3. The van der Waals surface area contributed by atoms with Crippen molar-refractivity contribution < 1.29 is 4.79 Å². The zero-order valence-corrected chi connectivity index (χ0v) is 11.4. The standard InChI is InChI=1S/C10H12N4OS2/c1-6-9(17-13-12-6)4-14(3)10(15)8-5-16-7(2)11-8/h5H,4H2,1-3H3. The molecule has 0 saturated carbocycles. The number of carbonyl (C=O) groups is 1. The van der Waals surface area contributed by atoms with Crippen LogP contribution in [-0.2, 0) is 6.54 Å². The number of amides is 1. The Morgan fingerprint density at radius 2 is 2.24 bits per heavy atom. The highest BCUT2D eigenvalue weighted by atomic mass is 32.1. The van der Waals surface area contributed by atoms with Gasteiger partial charge in [0.2, 0.25) is 0 Å². The summed E-state index contributed by atoms with van der Waals surface area (Å²) in [5, 5.41) is 6.61. The molecule has 0 bridgehead atoms. The van der Waals surface area contributed by atoms with Gasteiger partial charge in [-0.3, -0.25) is 4.79 Å². The summed E-state index contributed by atoms with van der Waals surface area (Å²) in [4.78, 5) is 18.9. The van der Waals surface area contributed by atoms with Crippen molar-refractivity contribution in [3.8, 4) is 0 Å². The van der Waals surface area contributed by atoms with Crippen LogP contribution in [0, 0.1) is 13.8 Å². The highest BCUT2D eigenvalue weighted by Gasteiger charge is 2.16. The molecule has 7 heteroatoms. The molecule has 17 heavy (non-hydrogen) atoms. The molecule has 2 aromatic rings. The molecular weight excluding hydrogens is 256 g/mol. The average molecular weight is 268 g/mol.